The van der Waals surface area contributed by atoms with E-state index in [1.165, 1.54) is 0 Å². The Morgan fingerprint density at radius 3 is 2.40 bits per heavy atom. The van der Waals surface area contributed by atoms with Crippen LogP contribution in [0.4, 0.5) is 0 Å². The number of likely N-dealkylation sites (N-methyl/N-ethyl adjacent to an activating group) is 1. The second-order valence-corrected chi connectivity index (χ2v) is 4.78. The molecule has 4 heteroatoms. The van der Waals surface area contributed by atoms with Crippen LogP contribution in [0.15, 0.2) is 0 Å². The van der Waals surface area contributed by atoms with Crippen LogP contribution in [0, 0.1) is 5.41 Å². The first-order valence-electron chi connectivity index (χ1n) is 5.52. The van der Waals surface area contributed by atoms with Crippen LogP contribution in [-0.4, -0.2) is 36.8 Å². The van der Waals surface area contributed by atoms with Crippen LogP contribution in [0.5, 0.6) is 0 Å². The topological polar surface area (TPSA) is 61.4 Å². The molecule has 0 radical (unpaired) electrons. The van der Waals surface area contributed by atoms with E-state index in [4.69, 9.17) is 5.11 Å². The molecule has 4 nitrogen and oxygen atoms in total. The maximum atomic E-state index is 11.5. The van der Waals surface area contributed by atoms with Crippen molar-refractivity contribution in [2.75, 3.05) is 19.7 Å². The Bertz CT molecular complexity index is 188. The van der Waals surface area contributed by atoms with Crippen molar-refractivity contribution in [3.8, 4) is 0 Å². The lowest BCUT2D eigenvalue weighted by Crippen LogP contribution is -2.47. The Morgan fingerprint density at radius 2 is 2.00 bits per heavy atom. The van der Waals surface area contributed by atoms with Gasteiger partial charge in [0.15, 0.2) is 0 Å². The second kappa shape index (κ2) is 6.80. The van der Waals surface area contributed by atoms with E-state index in [0.717, 1.165) is 6.54 Å². The van der Waals surface area contributed by atoms with Crippen molar-refractivity contribution in [3.63, 3.8) is 0 Å². The highest BCUT2D eigenvalue weighted by atomic mass is 16.3. The predicted octanol–water partition coefficient (Wildman–Crippen LogP) is 0.509. The molecule has 90 valence electrons. The van der Waals surface area contributed by atoms with Crippen molar-refractivity contribution in [1.29, 1.82) is 0 Å². The average molecular weight is 216 g/mol. The van der Waals surface area contributed by atoms with Crippen LogP contribution in [0.1, 0.15) is 34.1 Å². The molecule has 0 aromatic carbocycles. The summed E-state index contributed by atoms with van der Waals surface area (Å²) >= 11 is 0. The van der Waals surface area contributed by atoms with Gasteiger partial charge < -0.3 is 15.7 Å². The minimum absolute atomic E-state index is 0.00905. The lowest BCUT2D eigenvalue weighted by Gasteiger charge is -2.31. The number of carbonyl (C=O) groups excluding carboxylic acids is 1. The van der Waals surface area contributed by atoms with E-state index in [0.29, 0.717) is 13.0 Å². The normalized spacial score (nSPS) is 13.7. The highest BCUT2D eigenvalue weighted by molar-refractivity contribution is 5.78. The fourth-order valence-corrected chi connectivity index (χ4v) is 1.33. The first kappa shape index (κ1) is 14.4. The molecule has 0 bridgehead atoms. The zero-order chi connectivity index (χ0) is 11.9. The first-order valence-corrected chi connectivity index (χ1v) is 5.52. The van der Waals surface area contributed by atoms with Gasteiger partial charge in [-0.15, -0.1) is 0 Å². The Hall–Kier alpha value is -0.610. The first-order chi connectivity index (χ1) is 6.91. The van der Waals surface area contributed by atoms with E-state index in [9.17, 15) is 4.79 Å². The van der Waals surface area contributed by atoms with Gasteiger partial charge in [-0.2, -0.15) is 0 Å². The molecular weight excluding hydrogens is 192 g/mol. The summed E-state index contributed by atoms with van der Waals surface area (Å²) in [5.74, 6) is -0.00905. The van der Waals surface area contributed by atoms with Crippen molar-refractivity contribution in [1.82, 2.24) is 10.6 Å². The molecule has 3 N–H and O–H groups in total. The standard InChI is InChI=1S/C11H24N2O2/c1-5-12-8-10(15)13-9(6-7-14)11(2,3)4/h9,12,14H,5-8H2,1-4H3,(H,13,15). The Kier molecular flexibility index (Phi) is 6.52. The van der Waals surface area contributed by atoms with Crippen LogP contribution in [0.25, 0.3) is 0 Å². The van der Waals surface area contributed by atoms with Crippen LogP contribution < -0.4 is 10.6 Å². The maximum absolute atomic E-state index is 11.5. The van der Waals surface area contributed by atoms with Crippen LogP contribution in [-0.2, 0) is 4.79 Å². The Morgan fingerprint density at radius 1 is 1.40 bits per heavy atom. The highest BCUT2D eigenvalue weighted by Crippen LogP contribution is 2.21. The van der Waals surface area contributed by atoms with Gasteiger partial charge in [-0.1, -0.05) is 27.7 Å². The number of hydrogen-bond donors (Lipinski definition) is 3. The fourth-order valence-electron chi connectivity index (χ4n) is 1.33. The summed E-state index contributed by atoms with van der Waals surface area (Å²) in [7, 11) is 0. The molecule has 0 aliphatic carbocycles. The summed E-state index contributed by atoms with van der Waals surface area (Å²) in [6.07, 6.45) is 0.599. The lowest BCUT2D eigenvalue weighted by molar-refractivity contribution is -0.121. The van der Waals surface area contributed by atoms with Gasteiger partial charge in [-0.25, -0.2) is 0 Å². The number of amides is 1. The summed E-state index contributed by atoms with van der Waals surface area (Å²) in [5, 5.41) is 14.8. The molecule has 1 amide bonds. The average Bonchev–Trinajstić information content (AvgIpc) is 2.12. The fraction of sp³-hybridized carbons (Fsp3) is 0.909. The van der Waals surface area contributed by atoms with E-state index in [1.807, 2.05) is 6.92 Å². The predicted molar refractivity (Wildman–Crippen MR) is 61.6 cm³/mol. The van der Waals surface area contributed by atoms with Gasteiger partial charge in [0.05, 0.1) is 6.54 Å². The number of rotatable bonds is 6. The van der Waals surface area contributed by atoms with E-state index in [1.54, 1.807) is 0 Å². The van der Waals surface area contributed by atoms with Crippen LogP contribution >= 0.6 is 0 Å². The van der Waals surface area contributed by atoms with Crippen molar-refractivity contribution < 1.29 is 9.90 Å². The molecule has 0 aliphatic rings. The second-order valence-electron chi connectivity index (χ2n) is 4.78. The summed E-state index contributed by atoms with van der Waals surface area (Å²) < 4.78 is 0. The third kappa shape index (κ3) is 6.47. The molecule has 0 heterocycles. The van der Waals surface area contributed by atoms with Crippen molar-refractivity contribution in [3.05, 3.63) is 0 Å². The zero-order valence-corrected chi connectivity index (χ0v) is 10.3. The molecular formula is C11H24N2O2. The highest BCUT2D eigenvalue weighted by Gasteiger charge is 2.25. The van der Waals surface area contributed by atoms with Gasteiger partial charge >= 0.3 is 0 Å². The Labute approximate surface area is 92.4 Å². The van der Waals surface area contributed by atoms with Crippen molar-refractivity contribution in [2.24, 2.45) is 5.41 Å². The molecule has 1 atom stereocenters. The van der Waals surface area contributed by atoms with Gasteiger partial charge in [-0.3, -0.25) is 4.79 Å². The molecule has 0 saturated carbocycles. The molecule has 15 heavy (non-hydrogen) atoms. The summed E-state index contributed by atoms with van der Waals surface area (Å²) in [4.78, 5) is 11.5. The molecule has 0 aromatic heterocycles. The number of nitrogens with one attached hydrogen (secondary N) is 2. The molecule has 0 spiro atoms. The summed E-state index contributed by atoms with van der Waals surface area (Å²) in [5.41, 5.74) is -0.0232. The molecule has 1 unspecified atom stereocenters. The van der Waals surface area contributed by atoms with Gasteiger partial charge in [0, 0.05) is 12.6 Å². The monoisotopic (exact) mass is 216 g/mol. The summed E-state index contributed by atoms with van der Waals surface area (Å²) in [6, 6.07) is 0.0219. The number of carbonyl (C=O) groups is 1. The van der Waals surface area contributed by atoms with E-state index < -0.39 is 0 Å². The van der Waals surface area contributed by atoms with Gasteiger partial charge in [0.25, 0.3) is 0 Å². The van der Waals surface area contributed by atoms with Crippen molar-refractivity contribution >= 4 is 5.91 Å². The molecule has 0 aromatic rings. The third-order valence-electron chi connectivity index (χ3n) is 2.33. The molecule has 0 rings (SSSR count). The zero-order valence-electron chi connectivity index (χ0n) is 10.3. The third-order valence-corrected chi connectivity index (χ3v) is 2.33. The summed E-state index contributed by atoms with van der Waals surface area (Å²) in [6.45, 7) is 9.36. The van der Waals surface area contributed by atoms with E-state index in [2.05, 4.69) is 31.4 Å². The minimum atomic E-state index is -0.0232. The van der Waals surface area contributed by atoms with E-state index in [-0.39, 0.29) is 24.0 Å². The molecule has 0 aliphatic heterocycles. The molecule has 0 fully saturated rings. The van der Waals surface area contributed by atoms with Crippen molar-refractivity contribution in [2.45, 2.75) is 40.2 Å². The molecule has 0 saturated heterocycles. The minimum Gasteiger partial charge on any atom is -0.396 e. The van der Waals surface area contributed by atoms with Gasteiger partial charge in [0.2, 0.25) is 5.91 Å². The number of hydrogen-bond acceptors (Lipinski definition) is 3. The van der Waals surface area contributed by atoms with Crippen LogP contribution in [0.2, 0.25) is 0 Å². The SMILES string of the molecule is CCNCC(=O)NC(CCO)C(C)(C)C. The van der Waals surface area contributed by atoms with Crippen LogP contribution in [0.3, 0.4) is 0 Å². The van der Waals surface area contributed by atoms with Gasteiger partial charge in [-0.05, 0) is 18.4 Å². The van der Waals surface area contributed by atoms with Gasteiger partial charge in [0.1, 0.15) is 0 Å². The Balaban J connectivity index is 4.11. The number of aliphatic hydroxyl groups is 1. The quantitative estimate of drug-likeness (QED) is 0.606. The van der Waals surface area contributed by atoms with E-state index >= 15 is 0 Å². The maximum Gasteiger partial charge on any atom is 0.234 e. The lowest BCUT2D eigenvalue weighted by atomic mass is 9.85. The smallest absolute Gasteiger partial charge is 0.234 e. The largest absolute Gasteiger partial charge is 0.396 e. The number of aliphatic hydroxyl groups excluding tert-OH is 1.